The zero-order chi connectivity index (χ0) is 14.2. The number of rotatable bonds is 4. The smallest absolute Gasteiger partial charge is 0.0759 e. The first kappa shape index (κ1) is 13.0. The number of fused-ring (bicyclic) bond motifs is 3. The van der Waals surface area contributed by atoms with Crippen molar-refractivity contribution >= 4 is 0 Å². The fourth-order valence-corrected chi connectivity index (χ4v) is 4.20. The lowest BCUT2D eigenvalue weighted by molar-refractivity contribution is 0.449. The fourth-order valence-electron chi connectivity index (χ4n) is 4.20. The van der Waals surface area contributed by atoms with Gasteiger partial charge in [-0.3, -0.25) is 9.97 Å². The minimum atomic E-state index is 0.338. The van der Waals surface area contributed by atoms with E-state index in [1.165, 1.54) is 12.8 Å². The first-order valence-corrected chi connectivity index (χ1v) is 7.97. The van der Waals surface area contributed by atoms with E-state index in [2.05, 4.69) is 46.5 Å². The van der Waals surface area contributed by atoms with Gasteiger partial charge in [0.25, 0.3) is 0 Å². The number of nitrogens with one attached hydrogen (secondary N) is 1. The summed E-state index contributed by atoms with van der Waals surface area (Å²) in [4.78, 5) is 8.80. The molecule has 0 aliphatic heterocycles. The number of hydrogen-bond acceptors (Lipinski definition) is 3. The van der Waals surface area contributed by atoms with E-state index < -0.39 is 0 Å². The quantitative estimate of drug-likeness (QED) is 0.934. The summed E-state index contributed by atoms with van der Waals surface area (Å²) < 4.78 is 0. The summed E-state index contributed by atoms with van der Waals surface area (Å²) in [6.45, 7) is 3.14. The highest BCUT2D eigenvalue weighted by molar-refractivity contribution is 5.40. The summed E-state index contributed by atoms with van der Waals surface area (Å²) in [7, 11) is 0. The maximum Gasteiger partial charge on any atom is 0.0759 e. The summed E-state index contributed by atoms with van der Waals surface area (Å²) in [6, 6.07) is 9.31. The summed E-state index contributed by atoms with van der Waals surface area (Å²) >= 11 is 0. The number of hydrogen-bond donors (Lipinski definition) is 1. The Morgan fingerprint density at radius 3 is 3.00 bits per heavy atom. The van der Waals surface area contributed by atoms with Crippen molar-refractivity contribution in [2.45, 2.75) is 31.7 Å². The molecule has 0 amide bonds. The van der Waals surface area contributed by atoms with Crippen LogP contribution in [0.1, 0.15) is 42.1 Å². The molecule has 2 aromatic rings. The minimum Gasteiger partial charge on any atom is -0.309 e. The first-order valence-electron chi connectivity index (χ1n) is 7.97. The van der Waals surface area contributed by atoms with E-state index in [1.807, 2.05) is 6.20 Å². The van der Waals surface area contributed by atoms with E-state index in [-0.39, 0.29) is 0 Å². The molecule has 4 atom stereocenters. The van der Waals surface area contributed by atoms with Gasteiger partial charge in [0, 0.05) is 18.6 Å². The molecule has 3 heteroatoms. The van der Waals surface area contributed by atoms with Gasteiger partial charge in [0.1, 0.15) is 0 Å². The van der Waals surface area contributed by atoms with Crippen LogP contribution in [0.25, 0.3) is 0 Å². The summed E-state index contributed by atoms with van der Waals surface area (Å²) in [6.07, 6.45) is 8.02. The summed E-state index contributed by atoms with van der Waals surface area (Å²) in [5.74, 6) is 2.19. The molecular weight excluding hydrogens is 258 g/mol. The molecular formula is C18H21N3. The van der Waals surface area contributed by atoms with Crippen LogP contribution < -0.4 is 5.32 Å². The standard InChI is InChI=1S/C18H21N3/c1-2-20-18(15-11-19-9-10-21-15)17-14-8-7-12-5-3-4-6-13(12)16(14)17/h3-6,9-11,14,16-18,20H,2,7-8H2,1H3. The number of aryl methyl sites for hydroxylation is 1. The van der Waals surface area contributed by atoms with E-state index in [0.717, 1.165) is 18.2 Å². The van der Waals surface area contributed by atoms with E-state index in [0.29, 0.717) is 17.9 Å². The Morgan fingerprint density at radius 1 is 1.29 bits per heavy atom. The predicted molar refractivity (Wildman–Crippen MR) is 82.9 cm³/mol. The Kier molecular flexibility index (Phi) is 3.23. The molecule has 0 saturated heterocycles. The molecule has 1 aromatic heterocycles. The molecule has 4 unspecified atom stereocenters. The molecule has 1 fully saturated rings. The zero-order valence-electron chi connectivity index (χ0n) is 12.4. The van der Waals surface area contributed by atoms with E-state index in [4.69, 9.17) is 0 Å². The van der Waals surface area contributed by atoms with Crippen LogP contribution in [0.2, 0.25) is 0 Å². The van der Waals surface area contributed by atoms with E-state index >= 15 is 0 Å². The maximum atomic E-state index is 4.55. The molecule has 108 valence electrons. The number of aromatic nitrogens is 2. The average molecular weight is 279 g/mol. The minimum absolute atomic E-state index is 0.338. The third-order valence-corrected chi connectivity index (χ3v) is 5.10. The van der Waals surface area contributed by atoms with Crippen molar-refractivity contribution in [3.05, 3.63) is 59.7 Å². The Balaban J connectivity index is 1.65. The van der Waals surface area contributed by atoms with Gasteiger partial charge < -0.3 is 5.32 Å². The van der Waals surface area contributed by atoms with Crippen LogP contribution in [0.15, 0.2) is 42.9 Å². The lowest BCUT2D eigenvalue weighted by Gasteiger charge is -2.17. The second kappa shape index (κ2) is 5.23. The van der Waals surface area contributed by atoms with Crippen molar-refractivity contribution < 1.29 is 0 Å². The monoisotopic (exact) mass is 279 g/mol. The normalized spacial score (nSPS) is 27.6. The van der Waals surface area contributed by atoms with Crippen molar-refractivity contribution in [3.63, 3.8) is 0 Å². The molecule has 1 heterocycles. The molecule has 3 nitrogen and oxygen atoms in total. The van der Waals surface area contributed by atoms with Gasteiger partial charge in [0.15, 0.2) is 0 Å². The third-order valence-electron chi connectivity index (χ3n) is 5.10. The van der Waals surface area contributed by atoms with Crippen molar-refractivity contribution in [2.75, 3.05) is 6.54 Å². The molecule has 0 radical (unpaired) electrons. The summed E-state index contributed by atoms with van der Waals surface area (Å²) in [5, 5.41) is 3.65. The summed E-state index contributed by atoms with van der Waals surface area (Å²) in [5.41, 5.74) is 4.22. The van der Waals surface area contributed by atoms with Crippen LogP contribution in [0, 0.1) is 11.8 Å². The van der Waals surface area contributed by atoms with Crippen LogP contribution in [-0.4, -0.2) is 16.5 Å². The van der Waals surface area contributed by atoms with Crippen molar-refractivity contribution in [2.24, 2.45) is 11.8 Å². The van der Waals surface area contributed by atoms with Gasteiger partial charge in [-0.1, -0.05) is 31.2 Å². The van der Waals surface area contributed by atoms with Gasteiger partial charge in [-0.15, -0.1) is 0 Å². The van der Waals surface area contributed by atoms with Crippen LogP contribution in [0.4, 0.5) is 0 Å². The molecule has 0 bridgehead atoms. The molecule has 0 spiro atoms. The average Bonchev–Trinajstić information content (AvgIpc) is 3.28. The lowest BCUT2D eigenvalue weighted by atomic mass is 9.92. The van der Waals surface area contributed by atoms with Gasteiger partial charge >= 0.3 is 0 Å². The first-order chi connectivity index (χ1) is 10.4. The van der Waals surface area contributed by atoms with Gasteiger partial charge in [-0.2, -0.15) is 0 Å². The van der Waals surface area contributed by atoms with Crippen LogP contribution in [-0.2, 0) is 6.42 Å². The maximum absolute atomic E-state index is 4.55. The van der Waals surface area contributed by atoms with Gasteiger partial charge in [0.2, 0.25) is 0 Å². The Labute approximate surface area is 125 Å². The van der Waals surface area contributed by atoms with Crippen molar-refractivity contribution in [3.8, 4) is 0 Å². The fraction of sp³-hybridized carbons (Fsp3) is 0.444. The van der Waals surface area contributed by atoms with Crippen LogP contribution in [0.5, 0.6) is 0 Å². The number of nitrogens with zero attached hydrogens (tertiary/aromatic N) is 2. The molecule has 2 aliphatic carbocycles. The highest BCUT2D eigenvalue weighted by atomic mass is 15.0. The van der Waals surface area contributed by atoms with Crippen molar-refractivity contribution in [1.82, 2.24) is 15.3 Å². The Hall–Kier alpha value is -1.74. The van der Waals surface area contributed by atoms with E-state index in [9.17, 15) is 0 Å². The molecule has 2 aliphatic rings. The predicted octanol–water partition coefficient (Wildman–Crippen LogP) is 3.10. The van der Waals surface area contributed by atoms with Crippen LogP contribution >= 0.6 is 0 Å². The van der Waals surface area contributed by atoms with Gasteiger partial charge in [-0.05, 0) is 48.3 Å². The van der Waals surface area contributed by atoms with Crippen LogP contribution in [0.3, 0.4) is 0 Å². The van der Waals surface area contributed by atoms with Gasteiger partial charge in [-0.25, -0.2) is 0 Å². The molecule has 21 heavy (non-hydrogen) atoms. The Bertz CT molecular complexity index is 625. The molecule has 4 rings (SSSR count). The molecule has 1 saturated carbocycles. The molecule has 1 aromatic carbocycles. The Morgan fingerprint density at radius 2 is 2.19 bits per heavy atom. The largest absolute Gasteiger partial charge is 0.309 e. The second-order valence-corrected chi connectivity index (χ2v) is 6.17. The van der Waals surface area contributed by atoms with Gasteiger partial charge in [0.05, 0.1) is 11.7 Å². The highest BCUT2D eigenvalue weighted by Gasteiger charge is 2.56. The topological polar surface area (TPSA) is 37.8 Å². The highest BCUT2D eigenvalue weighted by Crippen LogP contribution is 2.63. The zero-order valence-corrected chi connectivity index (χ0v) is 12.4. The third kappa shape index (κ3) is 2.16. The molecule has 1 N–H and O–H groups in total. The van der Waals surface area contributed by atoms with Crippen molar-refractivity contribution in [1.29, 1.82) is 0 Å². The number of benzene rings is 1. The SMILES string of the molecule is CCNC(c1cnccn1)C1C2CCc3ccccc3C21. The van der Waals surface area contributed by atoms with E-state index in [1.54, 1.807) is 23.5 Å². The lowest BCUT2D eigenvalue weighted by Crippen LogP contribution is -2.24. The second-order valence-electron chi connectivity index (χ2n) is 6.17.